The Labute approximate surface area is 155 Å². The molecule has 0 aromatic heterocycles. The summed E-state index contributed by atoms with van der Waals surface area (Å²) in [5, 5.41) is 9.98. The molecule has 2 aliphatic rings. The number of ether oxygens (including phenoxy) is 5. The van der Waals surface area contributed by atoms with Gasteiger partial charge in [-0.25, -0.2) is 0 Å². The van der Waals surface area contributed by atoms with Crippen LogP contribution in [-0.2, 0) is 30.3 Å². The lowest BCUT2D eigenvalue weighted by Gasteiger charge is -2.49. The molecule has 1 aromatic rings. The van der Waals surface area contributed by atoms with Gasteiger partial charge in [-0.1, -0.05) is 44.2 Å². The van der Waals surface area contributed by atoms with Crippen LogP contribution in [-0.4, -0.2) is 56.3 Å². The number of aliphatic hydroxyl groups is 1. The molecule has 0 aliphatic carbocycles. The summed E-state index contributed by atoms with van der Waals surface area (Å²) in [4.78, 5) is 0. The van der Waals surface area contributed by atoms with Gasteiger partial charge in [-0.2, -0.15) is 0 Å². The van der Waals surface area contributed by atoms with Crippen molar-refractivity contribution in [1.29, 1.82) is 0 Å². The predicted molar refractivity (Wildman–Crippen MR) is 95.4 cm³/mol. The zero-order valence-electron chi connectivity index (χ0n) is 15.8. The first-order chi connectivity index (χ1) is 12.6. The van der Waals surface area contributed by atoms with E-state index in [1.807, 2.05) is 30.3 Å². The summed E-state index contributed by atoms with van der Waals surface area (Å²) < 4.78 is 29.2. The average molecular weight is 366 g/mol. The van der Waals surface area contributed by atoms with E-state index in [2.05, 4.69) is 13.8 Å². The van der Waals surface area contributed by atoms with Crippen LogP contribution in [0.5, 0.6) is 0 Å². The van der Waals surface area contributed by atoms with Crippen LogP contribution >= 0.6 is 0 Å². The van der Waals surface area contributed by atoms with Gasteiger partial charge in [-0.05, 0) is 11.5 Å². The zero-order valence-corrected chi connectivity index (χ0v) is 15.8. The van der Waals surface area contributed by atoms with Gasteiger partial charge in [-0.15, -0.1) is 0 Å². The van der Waals surface area contributed by atoms with Crippen LogP contribution in [0.4, 0.5) is 0 Å². The lowest BCUT2D eigenvalue weighted by molar-refractivity contribution is -0.335. The Bertz CT molecular complexity index is 552. The molecular formula is C20H30O6. The lowest BCUT2D eigenvalue weighted by atomic mass is 9.78. The first kappa shape index (κ1) is 19.7. The fraction of sp³-hybridized carbons (Fsp3) is 0.700. The molecule has 6 atom stereocenters. The van der Waals surface area contributed by atoms with Crippen molar-refractivity contribution in [3.05, 3.63) is 35.9 Å². The Morgan fingerprint density at radius 3 is 2.65 bits per heavy atom. The monoisotopic (exact) mass is 366 g/mol. The fourth-order valence-corrected chi connectivity index (χ4v) is 3.94. The summed E-state index contributed by atoms with van der Waals surface area (Å²) in [7, 11) is 1.61. The van der Waals surface area contributed by atoms with Crippen molar-refractivity contribution in [2.75, 3.05) is 27.1 Å². The molecule has 146 valence electrons. The SMILES string of the molecule is COCO[C@@H]1[C@@H](C)[C@H](C)[C@@]2(C[C@H](O)CO2)O[C@H]1COCc1ccccc1. The summed E-state index contributed by atoms with van der Waals surface area (Å²) in [6.45, 7) is 5.63. The van der Waals surface area contributed by atoms with Crippen LogP contribution in [0.25, 0.3) is 0 Å². The van der Waals surface area contributed by atoms with E-state index < -0.39 is 11.9 Å². The van der Waals surface area contributed by atoms with Crippen molar-refractivity contribution in [2.45, 2.75) is 51.0 Å². The van der Waals surface area contributed by atoms with E-state index in [9.17, 15) is 5.11 Å². The Morgan fingerprint density at radius 1 is 1.23 bits per heavy atom. The van der Waals surface area contributed by atoms with Crippen LogP contribution in [0.15, 0.2) is 30.3 Å². The van der Waals surface area contributed by atoms with Crippen LogP contribution in [0.3, 0.4) is 0 Å². The molecule has 1 spiro atoms. The van der Waals surface area contributed by atoms with Gasteiger partial charge in [0.15, 0.2) is 5.79 Å². The van der Waals surface area contributed by atoms with Gasteiger partial charge < -0.3 is 28.8 Å². The van der Waals surface area contributed by atoms with Crippen molar-refractivity contribution < 1.29 is 28.8 Å². The van der Waals surface area contributed by atoms with E-state index in [0.29, 0.717) is 26.2 Å². The summed E-state index contributed by atoms with van der Waals surface area (Å²) >= 11 is 0. The minimum absolute atomic E-state index is 0.0897. The number of hydrogen-bond acceptors (Lipinski definition) is 6. The van der Waals surface area contributed by atoms with Crippen molar-refractivity contribution in [3.8, 4) is 0 Å². The van der Waals surface area contributed by atoms with E-state index in [4.69, 9.17) is 23.7 Å². The number of methoxy groups -OCH3 is 1. The average Bonchev–Trinajstić information content (AvgIpc) is 3.02. The largest absolute Gasteiger partial charge is 0.391 e. The van der Waals surface area contributed by atoms with E-state index in [-0.39, 0.29) is 30.8 Å². The fourth-order valence-electron chi connectivity index (χ4n) is 3.94. The maximum absolute atomic E-state index is 9.98. The van der Waals surface area contributed by atoms with Crippen LogP contribution in [0, 0.1) is 11.8 Å². The highest BCUT2D eigenvalue weighted by Gasteiger charge is 2.55. The maximum Gasteiger partial charge on any atom is 0.174 e. The Kier molecular flexibility index (Phi) is 6.66. The second-order valence-corrected chi connectivity index (χ2v) is 7.32. The van der Waals surface area contributed by atoms with Gasteiger partial charge in [0.2, 0.25) is 0 Å². The Balaban J connectivity index is 1.67. The van der Waals surface area contributed by atoms with Crippen LogP contribution < -0.4 is 0 Å². The lowest BCUT2D eigenvalue weighted by Crippen LogP contribution is -2.59. The van der Waals surface area contributed by atoms with Crippen LogP contribution in [0.1, 0.15) is 25.8 Å². The number of aliphatic hydroxyl groups excluding tert-OH is 1. The highest BCUT2D eigenvalue weighted by atomic mass is 16.7. The molecule has 2 saturated heterocycles. The topological polar surface area (TPSA) is 66.4 Å². The minimum atomic E-state index is -0.771. The molecule has 3 rings (SSSR count). The molecule has 0 unspecified atom stereocenters. The molecule has 2 aliphatic heterocycles. The number of benzene rings is 1. The predicted octanol–water partition coefficient (Wildman–Crippen LogP) is 2.34. The number of rotatable bonds is 7. The molecule has 0 saturated carbocycles. The summed E-state index contributed by atoms with van der Waals surface area (Å²) in [5.74, 6) is -0.506. The minimum Gasteiger partial charge on any atom is -0.391 e. The van der Waals surface area contributed by atoms with Crippen molar-refractivity contribution in [3.63, 3.8) is 0 Å². The first-order valence-corrected chi connectivity index (χ1v) is 9.28. The highest BCUT2D eigenvalue weighted by molar-refractivity contribution is 5.13. The quantitative estimate of drug-likeness (QED) is 0.747. The second kappa shape index (κ2) is 8.78. The van der Waals surface area contributed by atoms with Gasteiger partial charge >= 0.3 is 0 Å². The third-order valence-electron chi connectivity index (χ3n) is 5.53. The zero-order chi connectivity index (χ0) is 18.6. The van der Waals surface area contributed by atoms with E-state index >= 15 is 0 Å². The molecule has 2 fully saturated rings. The molecule has 0 bridgehead atoms. The van der Waals surface area contributed by atoms with E-state index in [1.54, 1.807) is 7.11 Å². The molecule has 2 heterocycles. The normalized spacial score (nSPS) is 37.3. The van der Waals surface area contributed by atoms with Gasteiger partial charge in [0, 0.05) is 19.4 Å². The smallest absolute Gasteiger partial charge is 0.174 e. The molecule has 26 heavy (non-hydrogen) atoms. The third-order valence-corrected chi connectivity index (χ3v) is 5.53. The van der Waals surface area contributed by atoms with E-state index in [1.165, 1.54) is 0 Å². The third kappa shape index (κ3) is 4.27. The Morgan fingerprint density at radius 2 is 2.00 bits per heavy atom. The van der Waals surface area contributed by atoms with Gasteiger partial charge in [0.1, 0.15) is 12.9 Å². The molecule has 1 aromatic carbocycles. The van der Waals surface area contributed by atoms with Crippen molar-refractivity contribution in [2.24, 2.45) is 11.8 Å². The molecule has 1 N–H and O–H groups in total. The standard InChI is InChI=1S/C20H30O6/c1-14-15(2)20(9-17(21)11-25-20)26-18(19(14)24-13-22-3)12-23-10-16-7-5-4-6-8-16/h4-8,14-15,17-19,21H,9-13H2,1-3H3/t14-,15-,17-,18-,19+,20+/m0/s1. The number of hydrogen-bond donors (Lipinski definition) is 1. The van der Waals surface area contributed by atoms with E-state index in [0.717, 1.165) is 5.56 Å². The summed E-state index contributed by atoms with van der Waals surface area (Å²) in [6, 6.07) is 10.0. The molecule has 0 radical (unpaired) electrons. The molecule has 6 heteroatoms. The first-order valence-electron chi connectivity index (χ1n) is 9.28. The van der Waals surface area contributed by atoms with Gasteiger partial charge in [0.05, 0.1) is 32.0 Å². The molecule has 6 nitrogen and oxygen atoms in total. The maximum atomic E-state index is 9.98. The summed E-state index contributed by atoms with van der Waals surface area (Å²) in [6.07, 6.45) is -0.463. The second-order valence-electron chi connectivity index (χ2n) is 7.32. The van der Waals surface area contributed by atoms with Gasteiger partial charge in [-0.3, -0.25) is 0 Å². The molecular weight excluding hydrogens is 336 g/mol. The molecule has 0 amide bonds. The summed E-state index contributed by atoms with van der Waals surface area (Å²) in [5.41, 5.74) is 1.11. The van der Waals surface area contributed by atoms with Crippen molar-refractivity contribution >= 4 is 0 Å². The highest BCUT2D eigenvalue weighted by Crippen LogP contribution is 2.45. The van der Waals surface area contributed by atoms with Crippen molar-refractivity contribution in [1.82, 2.24) is 0 Å². The van der Waals surface area contributed by atoms with Crippen LogP contribution in [0.2, 0.25) is 0 Å². The Hall–Kier alpha value is -1.02. The van der Waals surface area contributed by atoms with Gasteiger partial charge in [0.25, 0.3) is 0 Å².